The average molecular weight is 376 g/mol. The van der Waals surface area contributed by atoms with Crippen LogP contribution in [0.15, 0.2) is 22.7 Å². The molecule has 3 rings (SSSR count). The van der Waals surface area contributed by atoms with E-state index >= 15 is 0 Å². The Balaban J connectivity index is 2.03. The van der Waals surface area contributed by atoms with Gasteiger partial charge in [0.1, 0.15) is 0 Å². The van der Waals surface area contributed by atoms with Crippen LogP contribution in [-0.2, 0) is 4.79 Å². The van der Waals surface area contributed by atoms with E-state index in [0.29, 0.717) is 13.0 Å². The lowest BCUT2D eigenvalue weighted by atomic mass is 10.3. The molecule has 0 aliphatic carbocycles. The molecule has 1 aliphatic heterocycles. The number of amides is 1. The van der Waals surface area contributed by atoms with Crippen LogP contribution < -0.4 is 4.90 Å². The van der Waals surface area contributed by atoms with Crippen molar-refractivity contribution in [2.24, 2.45) is 0 Å². The Kier molecular flexibility index (Phi) is 2.96. The molecule has 1 saturated heterocycles. The third kappa shape index (κ3) is 2.13. The molecule has 1 aromatic carbocycles. The summed E-state index contributed by atoms with van der Waals surface area (Å²) < 4.78 is 2.13. The highest BCUT2D eigenvalue weighted by molar-refractivity contribution is 9.10. The molecule has 0 N–H and O–H groups in total. The molecule has 2 heterocycles. The van der Waals surface area contributed by atoms with Crippen molar-refractivity contribution in [3.63, 3.8) is 0 Å². The number of carbonyl (C=O) groups is 1. The van der Waals surface area contributed by atoms with Crippen LogP contribution in [0.5, 0.6) is 0 Å². The van der Waals surface area contributed by atoms with Crippen molar-refractivity contribution in [2.75, 3.05) is 11.4 Å². The summed E-state index contributed by atoms with van der Waals surface area (Å²) in [6.45, 7) is 0.708. The van der Waals surface area contributed by atoms with E-state index in [1.165, 1.54) is 0 Å². The number of fused-ring (bicyclic) bond motifs is 1. The van der Waals surface area contributed by atoms with Gasteiger partial charge < -0.3 is 0 Å². The Morgan fingerprint density at radius 1 is 1.47 bits per heavy atom. The van der Waals surface area contributed by atoms with Crippen LogP contribution in [0.4, 0.5) is 5.13 Å². The van der Waals surface area contributed by atoms with Crippen molar-refractivity contribution in [1.29, 1.82) is 0 Å². The minimum absolute atomic E-state index is 0.144. The maximum absolute atomic E-state index is 11.8. The Morgan fingerprint density at radius 2 is 2.29 bits per heavy atom. The van der Waals surface area contributed by atoms with Crippen LogP contribution >= 0.6 is 43.2 Å². The predicted molar refractivity (Wildman–Crippen MR) is 77.0 cm³/mol. The van der Waals surface area contributed by atoms with Gasteiger partial charge in [0.25, 0.3) is 0 Å². The largest absolute Gasteiger partial charge is 0.287 e. The first kappa shape index (κ1) is 11.6. The van der Waals surface area contributed by atoms with Gasteiger partial charge in [-0.25, -0.2) is 4.98 Å². The number of rotatable bonds is 1. The zero-order chi connectivity index (χ0) is 12.0. The summed E-state index contributed by atoms with van der Waals surface area (Å²) in [5.41, 5.74) is 0.944. The summed E-state index contributed by atoms with van der Waals surface area (Å²) in [5.74, 6) is 0.144. The van der Waals surface area contributed by atoms with E-state index in [9.17, 15) is 4.79 Å². The van der Waals surface area contributed by atoms with E-state index in [1.54, 1.807) is 16.2 Å². The van der Waals surface area contributed by atoms with Crippen LogP contribution in [0.3, 0.4) is 0 Å². The van der Waals surface area contributed by atoms with Gasteiger partial charge in [-0.3, -0.25) is 9.69 Å². The summed E-state index contributed by atoms with van der Waals surface area (Å²) in [5, 5.41) is 0.796. The van der Waals surface area contributed by atoms with Gasteiger partial charge in [0.2, 0.25) is 5.91 Å². The van der Waals surface area contributed by atoms with Gasteiger partial charge in [-0.2, -0.15) is 0 Å². The van der Waals surface area contributed by atoms with Gasteiger partial charge in [-0.15, -0.1) is 0 Å². The molecule has 6 heteroatoms. The first-order chi connectivity index (χ1) is 8.13. The molecule has 1 atom stereocenters. The molecular weight excluding hydrogens is 368 g/mol. The Bertz CT molecular complexity index is 598. The number of alkyl halides is 1. The van der Waals surface area contributed by atoms with E-state index < -0.39 is 0 Å². The van der Waals surface area contributed by atoms with Crippen molar-refractivity contribution in [3.05, 3.63) is 22.7 Å². The Hall–Kier alpha value is -0.460. The van der Waals surface area contributed by atoms with Crippen molar-refractivity contribution >= 4 is 64.5 Å². The minimum Gasteiger partial charge on any atom is -0.287 e. The fourth-order valence-corrected chi connectivity index (χ4v) is 3.96. The molecule has 1 aromatic heterocycles. The predicted octanol–water partition coefficient (Wildman–Crippen LogP) is 3.56. The molecule has 1 unspecified atom stereocenters. The molecule has 2 aromatic rings. The number of hydrogen-bond donors (Lipinski definition) is 0. The van der Waals surface area contributed by atoms with E-state index in [1.807, 2.05) is 18.2 Å². The number of anilines is 1. The smallest absolute Gasteiger partial charge is 0.230 e. The fraction of sp³-hybridized carbons (Fsp3) is 0.273. The Labute approximate surface area is 119 Å². The van der Waals surface area contributed by atoms with Gasteiger partial charge in [-0.05, 0) is 18.2 Å². The summed E-state index contributed by atoms with van der Waals surface area (Å²) in [4.78, 5) is 18.3. The second kappa shape index (κ2) is 4.33. The summed E-state index contributed by atoms with van der Waals surface area (Å²) in [6.07, 6.45) is 0.555. The van der Waals surface area contributed by atoms with Crippen LogP contribution in [-0.4, -0.2) is 22.3 Å². The molecule has 0 radical (unpaired) electrons. The minimum atomic E-state index is 0.144. The second-order valence-electron chi connectivity index (χ2n) is 3.91. The molecule has 1 fully saturated rings. The van der Waals surface area contributed by atoms with E-state index in [-0.39, 0.29) is 10.7 Å². The topological polar surface area (TPSA) is 33.2 Å². The van der Waals surface area contributed by atoms with E-state index in [4.69, 9.17) is 0 Å². The first-order valence-corrected chi connectivity index (χ1v) is 7.66. The number of halogens is 2. The summed E-state index contributed by atoms with van der Waals surface area (Å²) in [7, 11) is 0. The van der Waals surface area contributed by atoms with Crippen molar-refractivity contribution < 1.29 is 4.79 Å². The molecule has 0 spiro atoms. The quantitative estimate of drug-likeness (QED) is 0.714. The second-order valence-corrected chi connectivity index (χ2v) is 7.13. The third-order valence-electron chi connectivity index (χ3n) is 2.65. The molecule has 3 nitrogen and oxygen atoms in total. The van der Waals surface area contributed by atoms with Crippen molar-refractivity contribution in [1.82, 2.24) is 4.98 Å². The number of aromatic nitrogens is 1. The van der Waals surface area contributed by atoms with E-state index in [0.717, 1.165) is 19.8 Å². The van der Waals surface area contributed by atoms with Gasteiger partial charge >= 0.3 is 0 Å². The van der Waals surface area contributed by atoms with Crippen LogP contribution in [0.1, 0.15) is 6.42 Å². The highest BCUT2D eigenvalue weighted by Crippen LogP contribution is 2.33. The molecular formula is C11H8Br2N2OS. The maximum atomic E-state index is 11.8. The number of nitrogens with zero attached hydrogens (tertiary/aromatic N) is 2. The molecule has 1 amide bonds. The lowest BCUT2D eigenvalue weighted by molar-refractivity contribution is -0.117. The third-order valence-corrected chi connectivity index (χ3v) is 4.80. The highest BCUT2D eigenvalue weighted by atomic mass is 79.9. The SMILES string of the molecule is O=C1CC(Br)CN1c1nc2ccc(Br)cc2s1. The van der Waals surface area contributed by atoms with Crippen LogP contribution in [0.25, 0.3) is 10.2 Å². The lowest BCUT2D eigenvalue weighted by Crippen LogP contribution is -2.24. The number of benzene rings is 1. The van der Waals surface area contributed by atoms with Gasteiger partial charge in [0, 0.05) is 22.3 Å². The van der Waals surface area contributed by atoms with Gasteiger partial charge in [-0.1, -0.05) is 43.2 Å². The summed E-state index contributed by atoms with van der Waals surface area (Å²) >= 11 is 8.47. The zero-order valence-electron chi connectivity index (χ0n) is 8.69. The van der Waals surface area contributed by atoms with E-state index in [2.05, 4.69) is 36.8 Å². The molecule has 0 saturated carbocycles. The lowest BCUT2D eigenvalue weighted by Gasteiger charge is -2.10. The maximum Gasteiger partial charge on any atom is 0.230 e. The van der Waals surface area contributed by atoms with Crippen molar-refractivity contribution in [3.8, 4) is 0 Å². The standard InChI is InChI=1S/C11H8Br2N2OS/c12-6-1-2-8-9(3-6)17-11(14-8)15-5-7(13)4-10(15)16/h1-3,7H,4-5H2. The van der Waals surface area contributed by atoms with Crippen LogP contribution in [0.2, 0.25) is 0 Å². The monoisotopic (exact) mass is 374 g/mol. The Morgan fingerprint density at radius 3 is 3.00 bits per heavy atom. The highest BCUT2D eigenvalue weighted by Gasteiger charge is 2.30. The molecule has 0 bridgehead atoms. The normalized spacial score (nSPS) is 20.5. The van der Waals surface area contributed by atoms with Crippen molar-refractivity contribution in [2.45, 2.75) is 11.2 Å². The first-order valence-electron chi connectivity index (χ1n) is 5.14. The van der Waals surface area contributed by atoms with Gasteiger partial charge in [0.05, 0.1) is 10.2 Å². The fourth-order valence-electron chi connectivity index (χ4n) is 1.85. The van der Waals surface area contributed by atoms with Gasteiger partial charge in [0.15, 0.2) is 5.13 Å². The average Bonchev–Trinajstić information content (AvgIpc) is 2.80. The van der Waals surface area contributed by atoms with Crippen LogP contribution in [0, 0.1) is 0 Å². The molecule has 88 valence electrons. The number of hydrogen-bond acceptors (Lipinski definition) is 3. The summed E-state index contributed by atoms with van der Waals surface area (Å²) in [6, 6.07) is 5.96. The number of carbonyl (C=O) groups excluding carboxylic acids is 1. The molecule has 1 aliphatic rings. The number of thiazole rings is 1. The zero-order valence-corrected chi connectivity index (χ0v) is 12.7. The molecule has 17 heavy (non-hydrogen) atoms.